The highest BCUT2D eigenvalue weighted by molar-refractivity contribution is 5.33. The number of hydrogen-bond acceptors (Lipinski definition) is 1. The molecular formula is C14H18N. The van der Waals surface area contributed by atoms with Crippen molar-refractivity contribution in [3.05, 3.63) is 48.1 Å². The lowest BCUT2D eigenvalue weighted by Gasteiger charge is -2.17. The first-order chi connectivity index (χ1) is 7.47. The van der Waals surface area contributed by atoms with Crippen LogP contribution in [-0.4, -0.2) is 12.6 Å². The Hall–Kier alpha value is -1.08. The molecule has 1 aliphatic heterocycles. The molecule has 1 aliphatic carbocycles. The summed E-state index contributed by atoms with van der Waals surface area (Å²) in [6.45, 7) is 1.15. The average Bonchev–Trinajstić information content (AvgIpc) is 2.45. The van der Waals surface area contributed by atoms with Gasteiger partial charge in [0.05, 0.1) is 0 Å². The van der Waals surface area contributed by atoms with E-state index in [1.54, 1.807) is 0 Å². The quantitative estimate of drug-likeness (QED) is 0.686. The molecule has 1 radical (unpaired) electrons. The summed E-state index contributed by atoms with van der Waals surface area (Å²) in [4.78, 5) is 0. The minimum atomic E-state index is 0.542. The van der Waals surface area contributed by atoms with Gasteiger partial charge in [-0.2, -0.15) is 0 Å². The summed E-state index contributed by atoms with van der Waals surface area (Å²) in [7, 11) is 0. The van der Waals surface area contributed by atoms with E-state index in [1.165, 1.54) is 31.3 Å². The van der Waals surface area contributed by atoms with Gasteiger partial charge in [0.25, 0.3) is 0 Å². The lowest BCUT2D eigenvalue weighted by atomic mass is 10.0. The third-order valence-corrected chi connectivity index (χ3v) is 2.92. The van der Waals surface area contributed by atoms with Gasteiger partial charge >= 0.3 is 0 Å². The van der Waals surface area contributed by atoms with Gasteiger partial charge in [-0.1, -0.05) is 49.3 Å². The van der Waals surface area contributed by atoms with Crippen molar-refractivity contribution in [1.29, 1.82) is 0 Å². The van der Waals surface area contributed by atoms with Gasteiger partial charge < -0.3 is 5.32 Å². The van der Waals surface area contributed by atoms with E-state index in [0.717, 1.165) is 6.54 Å². The van der Waals surface area contributed by atoms with Crippen molar-refractivity contribution in [3.63, 3.8) is 0 Å². The molecule has 0 aromatic carbocycles. The van der Waals surface area contributed by atoms with Crippen LogP contribution in [0.3, 0.4) is 0 Å². The summed E-state index contributed by atoms with van der Waals surface area (Å²) >= 11 is 0. The van der Waals surface area contributed by atoms with Gasteiger partial charge in [-0.3, -0.25) is 0 Å². The van der Waals surface area contributed by atoms with Crippen molar-refractivity contribution < 1.29 is 0 Å². The number of allylic oxidation sites excluding steroid dienone is 6. The Bertz CT molecular complexity index is 299. The lowest BCUT2D eigenvalue weighted by Crippen LogP contribution is -2.29. The van der Waals surface area contributed by atoms with Gasteiger partial charge in [-0.05, 0) is 31.0 Å². The van der Waals surface area contributed by atoms with Crippen LogP contribution in [0.5, 0.6) is 0 Å². The molecule has 1 unspecified atom stereocenters. The van der Waals surface area contributed by atoms with E-state index in [2.05, 4.69) is 35.7 Å². The van der Waals surface area contributed by atoms with Gasteiger partial charge in [0.1, 0.15) is 0 Å². The molecule has 1 saturated heterocycles. The van der Waals surface area contributed by atoms with Crippen LogP contribution in [0, 0.1) is 6.08 Å². The highest BCUT2D eigenvalue weighted by Crippen LogP contribution is 2.16. The summed E-state index contributed by atoms with van der Waals surface area (Å²) in [5, 5.41) is 3.61. The third kappa shape index (κ3) is 3.21. The van der Waals surface area contributed by atoms with Gasteiger partial charge in [-0.15, -0.1) is 0 Å². The van der Waals surface area contributed by atoms with Crippen molar-refractivity contribution in [2.45, 2.75) is 31.7 Å². The smallest absolute Gasteiger partial charge is 0.0320 e. The van der Waals surface area contributed by atoms with Crippen LogP contribution in [0.4, 0.5) is 0 Å². The number of nitrogens with one attached hydrogen (secondary N) is 1. The van der Waals surface area contributed by atoms with Crippen LogP contribution < -0.4 is 5.32 Å². The maximum atomic E-state index is 3.61. The summed E-state index contributed by atoms with van der Waals surface area (Å²) < 4.78 is 0. The molecular weight excluding hydrogens is 182 g/mol. The molecule has 1 N–H and O–H groups in total. The van der Waals surface area contributed by atoms with Crippen molar-refractivity contribution in [2.75, 3.05) is 6.54 Å². The molecule has 1 fully saturated rings. The zero-order valence-corrected chi connectivity index (χ0v) is 9.08. The van der Waals surface area contributed by atoms with Crippen molar-refractivity contribution in [1.82, 2.24) is 5.32 Å². The molecule has 0 spiro atoms. The predicted octanol–water partition coefficient (Wildman–Crippen LogP) is 2.93. The average molecular weight is 200 g/mol. The first-order valence-corrected chi connectivity index (χ1v) is 5.83. The molecule has 0 amide bonds. The van der Waals surface area contributed by atoms with Crippen LogP contribution in [0.15, 0.2) is 42.0 Å². The van der Waals surface area contributed by atoms with Crippen LogP contribution in [0.25, 0.3) is 0 Å². The summed E-state index contributed by atoms with van der Waals surface area (Å²) in [5.74, 6) is 0. The SMILES string of the molecule is [C]1=CC=CC(C2CCCCCN2)=CC=C1. The van der Waals surface area contributed by atoms with E-state index < -0.39 is 0 Å². The summed E-state index contributed by atoms with van der Waals surface area (Å²) in [5.41, 5.74) is 1.39. The third-order valence-electron chi connectivity index (χ3n) is 2.92. The molecule has 2 aliphatic rings. The second-order valence-electron chi connectivity index (χ2n) is 4.07. The van der Waals surface area contributed by atoms with E-state index >= 15 is 0 Å². The molecule has 1 atom stereocenters. The molecule has 0 bridgehead atoms. The molecule has 2 rings (SSSR count). The fourth-order valence-electron chi connectivity index (χ4n) is 2.09. The topological polar surface area (TPSA) is 12.0 Å². The minimum Gasteiger partial charge on any atom is -0.310 e. The summed E-state index contributed by atoms with van der Waals surface area (Å²) in [6, 6.07) is 0.542. The largest absolute Gasteiger partial charge is 0.310 e. The molecule has 0 saturated carbocycles. The second-order valence-corrected chi connectivity index (χ2v) is 4.07. The molecule has 1 nitrogen and oxygen atoms in total. The van der Waals surface area contributed by atoms with Crippen LogP contribution in [-0.2, 0) is 0 Å². The maximum Gasteiger partial charge on any atom is 0.0320 e. The zero-order valence-electron chi connectivity index (χ0n) is 9.08. The Balaban J connectivity index is 2.06. The maximum absolute atomic E-state index is 3.61. The standard InChI is InChI=1S/C14H18N/c1-2-5-9-13(10-6-3-1)14-11-7-4-8-12-15-14/h2-3,5-6,9-10,14-15H,4,7-8,11-12H2. The Morgan fingerprint density at radius 3 is 3.20 bits per heavy atom. The van der Waals surface area contributed by atoms with Crippen LogP contribution >= 0.6 is 0 Å². The molecule has 0 aromatic rings. The van der Waals surface area contributed by atoms with Crippen molar-refractivity contribution in [3.8, 4) is 0 Å². The molecule has 1 heterocycles. The van der Waals surface area contributed by atoms with E-state index in [9.17, 15) is 0 Å². The molecule has 1 heteroatoms. The van der Waals surface area contributed by atoms with E-state index in [4.69, 9.17) is 0 Å². The Labute approximate surface area is 92.3 Å². The minimum absolute atomic E-state index is 0.542. The zero-order chi connectivity index (χ0) is 10.3. The Morgan fingerprint density at radius 2 is 2.20 bits per heavy atom. The molecule has 0 aromatic heterocycles. The first-order valence-electron chi connectivity index (χ1n) is 5.83. The second kappa shape index (κ2) is 5.72. The highest BCUT2D eigenvalue weighted by atomic mass is 14.9. The van der Waals surface area contributed by atoms with Gasteiger partial charge in [-0.25, -0.2) is 0 Å². The Morgan fingerprint density at radius 1 is 1.20 bits per heavy atom. The van der Waals surface area contributed by atoms with E-state index in [1.807, 2.05) is 12.2 Å². The number of rotatable bonds is 1. The monoisotopic (exact) mass is 200 g/mol. The molecule has 79 valence electrons. The number of hydrogen-bond donors (Lipinski definition) is 1. The van der Waals surface area contributed by atoms with Gasteiger partial charge in [0.15, 0.2) is 0 Å². The fraction of sp³-hybridized carbons (Fsp3) is 0.429. The highest BCUT2D eigenvalue weighted by Gasteiger charge is 2.13. The first kappa shape index (κ1) is 10.4. The van der Waals surface area contributed by atoms with Crippen LogP contribution in [0.1, 0.15) is 25.7 Å². The summed E-state index contributed by atoms with van der Waals surface area (Å²) in [6.07, 6.45) is 20.8. The van der Waals surface area contributed by atoms with Crippen molar-refractivity contribution in [2.24, 2.45) is 0 Å². The normalized spacial score (nSPS) is 26.7. The van der Waals surface area contributed by atoms with E-state index in [-0.39, 0.29) is 0 Å². The van der Waals surface area contributed by atoms with Crippen molar-refractivity contribution >= 4 is 0 Å². The Kier molecular flexibility index (Phi) is 3.98. The van der Waals surface area contributed by atoms with Crippen LogP contribution in [0.2, 0.25) is 0 Å². The van der Waals surface area contributed by atoms with E-state index in [0.29, 0.717) is 6.04 Å². The predicted molar refractivity (Wildman–Crippen MR) is 64.4 cm³/mol. The fourth-order valence-corrected chi connectivity index (χ4v) is 2.09. The van der Waals surface area contributed by atoms with Gasteiger partial charge in [0.2, 0.25) is 0 Å². The van der Waals surface area contributed by atoms with Gasteiger partial charge in [0, 0.05) is 6.04 Å². The lowest BCUT2D eigenvalue weighted by molar-refractivity contribution is 0.580. The molecule has 15 heavy (non-hydrogen) atoms.